The molecule has 21 fully saturated rings. The second-order valence-electron chi connectivity index (χ2n) is 26.4. The number of rotatable bonds is 3. The first-order valence-electron chi connectivity index (χ1n) is 32.0. The Morgan fingerprint density at radius 1 is 0.179 bits per heavy atom. The quantitative estimate of drug-likeness (QED) is 0.249. The van der Waals surface area contributed by atoms with E-state index in [9.17, 15) is 0 Å². The van der Waals surface area contributed by atoms with Crippen LogP contribution >= 0.6 is 0 Å². The van der Waals surface area contributed by atoms with E-state index in [0.29, 0.717) is 0 Å². The molecular formula is C64H118O14. The van der Waals surface area contributed by atoms with Gasteiger partial charge in [-0.15, -0.1) is 0 Å². The second kappa shape index (κ2) is 29.0. The second-order valence-corrected chi connectivity index (χ2v) is 26.4. The fourth-order valence-corrected chi connectivity index (χ4v) is 14.0. The molecule has 14 nitrogen and oxygen atoms in total. The lowest BCUT2D eigenvalue weighted by Crippen LogP contribution is -2.59. The van der Waals surface area contributed by atoms with Crippen molar-refractivity contribution in [2.45, 2.75) is 328 Å². The molecule has 0 aromatic heterocycles. The molecule has 0 N–H and O–H groups in total. The summed E-state index contributed by atoms with van der Waals surface area (Å²) >= 11 is 0. The van der Waals surface area contributed by atoms with Crippen molar-refractivity contribution in [2.24, 2.45) is 82.9 Å². The van der Waals surface area contributed by atoms with Gasteiger partial charge in [0, 0.05) is 41.4 Å². The van der Waals surface area contributed by atoms with Crippen LogP contribution in [0.5, 0.6) is 0 Å². The Morgan fingerprint density at radius 2 is 0.295 bits per heavy atom. The van der Waals surface area contributed by atoms with E-state index in [1.807, 2.05) is 13.8 Å². The molecule has 0 radical (unpaired) electrons. The summed E-state index contributed by atoms with van der Waals surface area (Å²) in [5, 5.41) is 0. The van der Waals surface area contributed by atoms with E-state index in [1.54, 1.807) is 0 Å². The summed E-state index contributed by atoms with van der Waals surface area (Å²) in [7, 11) is 0. The van der Waals surface area contributed by atoms with Gasteiger partial charge < -0.3 is 66.3 Å². The van der Waals surface area contributed by atoms with Crippen molar-refractivity contribution in [3.8, 4) is 0 Å². The highest BCUT2D eigenvalue weighted by Gasteiger charge is 2.54. The number of hydrogen-bond acceptors (Lipinski definition) is 14. The minimum atomic E-state index is -0.419. The largest absolute Gasteiger partial charge is 0.347 e. The maximum atomic E-state index is 6.97. The predicted octanol–water partition coefficient (Wildman–Crippen LogP) is 13.4. The van der Waals surface area contributed by atoms with Crippen LogP contribution in [0.1, 0.15) is 199 Å². The zero-order valence-corrected chi connectivity index (χ0v) is 53.8. The Labute approximate surface area is 475 Å². The smallest absolute Gasteiger partial charge is 0.161 e. The maximum absolute atomic E-state index is 6.97. The monoisotopic (exact) mass is 1110 g/mol. The molecule has 0 amide bonds. The summed E-state index contributed by atoms with van der Waals surface area (Å²) in [6.45, 7) is 54.4. The lowest BCUT2D eigenvalue weighted by Gasteiger charge is -2.51. The van der Waals surface area contributed by atoms with Crippen LogP contribution in [0.2, 0.25) is 0 Å². The molecule has 0 aromatic carbocycles. The van der Waals surface area contributed by atoms with E-state index in [0.717, 1.165) is 0 Å². The van der Waals surface area contributed by atoms with Crippen molar-refractivity contribution in [3.05, 3.63) is 0 Å². The summed E-state index contributed by atoms with van der Waals surface area (Å²) in [6, 6.07) is 0. The van der Waals surface area contributed by atoms with Crippen LogP contribution in [-0.4, -0.2) is 129 Å². The van der Waals surface area contributed by atoms with Crippen molar-refractivity contribution in [1.82, 2.24) is 0 Å². The number of unbranched alkanes of at least 4 members (excludes halogenated alkanes) is 3. The highest BCUT2D eigenvalue weighted by atomic mass is 16.8. The average molecular weight is 1110 g/mol. The van der Waals surface area contributed by atoms with E-state index < -0.39 is 44.0 Å². The van der Waals surface area contributed by atoms with Crippen LogP contribution in [0.25, 0.3) is 0 Å². The third kappa shape index (κ3) is 14.4. The molecule has 0 aromatic rings. The molecule has 21 rings (SSSR count). The predicted molar refractivity (Wildman–Crippen MR) is 304 cm³/mol. The van der Waals surface area contributed by atoms with Crippen molar-refractivity contribution < 1.29 is 66.3 Å². The fraction of sp³-hybridized carbons (Fsp3) is 1.00. The van der Waals surface area contributed by atoms with Crippen molar-refractivity contribution >= 4 is 0 Å². The summed E-state index contributed by atoms with van der Waals surface area (Å²) in [6.07, 6.45) is -0.247. The molecular weight excluding hydrogens is 993 g/mol. The molecule has 14 heteroatoms. The van der Waals surface area contributed by atoms with Gasteiger partial charge in [0.15, 0.2) is 44.0 Å². The lowest BCUT2D eigenvalue weighted by atomic mass is 9.81. The highest BCUT2D eigenvalue weighted by Crippen LogP contribution is 2.47. The molecule has 458 valence electrons. The minimum absolute atomic E-state index is 0.0576. The first kappa shape index (κ1) is 66.6. The van der Waals surface area contributed by atoms with E-state index in [2.05, 4.69) is 159 Å². The molecule has 21 aliphatic heterocycles. The molecule has 14 bridgehead atoms. The van der Waals surface area contributed by atoms with E-state index in [-0.39, 0.29) is 168 Å². The van der Waals surface area contributed by atoms with Gasteiger partial charge in [-0.05, 0) is 89.9 Å². The lowest BCUT2D eigenvalue weighted by molar-refractivity contribution is -0.364. The van der Waals surface area contributed by atoms with Crippen LogP contribution < -0.4 is 0 Å². The Balaban J connectivity index is 0.00000115. The van der Waals surface area contributed by atoms with Crippen molar-refractivity contribution in [1.29, 1.82) is 0 Å². The highest BCUT2D eigenvalue weighted by molar-refractivity contribution is 4.96. The van der Waals surface area contributed by atoms with Gasteiger partial charge in [0.05, 0.1) is 85.5 Å². The molecule has 0 saturated carbocycles. The van der Waals surface area contributed by atoms with Gasteiger partial charge in [0.2, 0.25) is 0 Å². The number of ether oxygens (including phenoxy) is 14. The van der Waals surface area contributed by atoms with Gasteiger partial charge in [0.25, 0.3) is 0 Å². The van der Waals surface area contributed by atoms with Crippen molar-refractivity contribution in [3.63, 3.8) is 0 Å². The molecule has 14 unspecified atom stereocenters. The molecule has 35 atom stereocenters. The fourth-order valence-electron chi connectivity index (χ4n) is 14.0. The first-order chi connectivity index (χ1) is 36.8. The van der Waals surface area contributed by atoms with Crippen LogP contribution in [-0.2, 0) is 66.3 Å². The van der Waals surface area contributed by atoms with Gasteiger partial charge in [0.1, 0.15) is 0 Å². The summed E-state index contributed by atoms with van der Waals surface area (Å²) in [5.74, 6) is 1.37. The Bertz CT molecular complexity index is 1420. The van der Waals surface area contributed by atoms with Gasteiger partial charge >= 0.3 is 0 Å². The minimum Gasteiger partial charge on any atom is -0.347 e. The Kier molecular flexibility index (Phi) is 24.8. The zero-order valence-electron chi connectivity index (χ0n) is 53.8. The average Bonchev–Trinajstić information content (AvgIpc) is 3.42. The van der Waals surface area contributed by atoms with Crippen LogP contribution in [0.15, 0.2) is 0 Å². The van der Waals surface area contributed by atoms with Crippen LogP contribution in [0.4, 0.5) is 0 Å². The SMILES string of the molecule is CC.CC1[C@@H]2OC(C)[C@@H](O[C@H]3OC(C)[C@@H](O[C@H]4OC(C)[C@@H](O[C@@H]5OC(C)[C@@H](O[C@H]6OC(C)[C@H](O[C@@H]7OC(C)[C@@H](O[C@H]8OC(C)[C@@H](O2)[C@H](C)C8C)[C@H](C)C7C)[C@H](C)C6C)[C@H](C)C5C)[C@H](C)C4C)[C@H](C)C3C)[C@@H]1C.CCCCCC. The Hall–Kier alpha value is -0.560. The van der Waals surface area contributed by atoms with Gasteiger partial charge in [-0.2, -0.15) is 0 Å². The molecule has 21 saturated heterocycles. The molecule has 21 heterocycles. The third-order valence-electron chi connectivity index (χ3n) is 21.1. The summed E-state index contributed by atoms with van der Waals surface area (Å²) in [4.78, 5) is 0. The standard InChI is InChI=1S/C56H98O14.C6H14.C2H6/c1-22-29(8)50-57-36(15)43(22)64-51-30(9)23(2)45(38(17)58-51)66-53-32(11)25(4)47(40(19)60-53)68-55-34(13)27(6)49(42(21)62-55)70-56-35(14)28(7)48(41(20)63-56)69-54-33(12)26(5)46(39(18)61-54)67-52-31(10)24(3)44(65-50)37(16)59-52;1-3-5-6-4-2;1-2/h22-56H,1-21H3;3-6H2,1-2H3;1-2H3/t22-,23-,24-,25-,26-,27-,28-,29?,30?,31?,32?,33?,34?,35?,36?,37?,38?,39?,40?,41?,42?,43-,44+,45+,46+,47+,48+,49+,50-,51+,52+,53-,54-,55-,56-;;/m1../s1. The maximum Gasteiger partial charge on any atom is 0.161 e. The molecule has 21 aliphatic rings. The summed E-state index contributed by atoms with van der Waals surface area (Å²) < 4.78 is 96.1. The van der Waals surface area contributed by atoms with Crippen molar-refractivity contribution in [2.75, 3.05) is 0 Å². The van der Waals surface area contributed by atoms with Crippen LogP contribution in [0.3, 0.4) is 0 Å². The van der Waals surface area contributed by atoms with Gasteiger partial charge in [-0.25, -0.2) is 0 Å². The number of hydrogen-bond donors (Lipinski definition) is 0. The zero-order chi connectivity index (χ0) is 57.9. The van der Waals surface area contributed by atoms with E-state index >= 15 is 0 Å². The van der Waals surface area contributed by atoms with Gasteiger partial charge in [-0.1, -0.05) is 150 Å². The Morgan fingerprint density at radius 3 is 0.397 bits per heavy atom. The molecule has 78 heavy (non-hydrogen) atoms. The van der Waals surface area contributed by atoms with Crippen LogP contribution in [0, 0.1) is 82.9 Å². The normalized spacial score (nSPS) is 54.3. The molecule has 0 spiro atoms. The summed E-state index contributed by atoms with van der Waals surface area (Å²) in [5.41, 5.74) is 0. The van der Waals surface area contributed by atoms with E-state index in [4.69, 9.17) is 66.3 Å². The first-order valence-corrected chi connectivity index (χ1v) is 32.0. The van der Waals surface area contributed by atoms with E-state index in [1.165, 1.54) is 25.7 Å². The topological polar surface area (TPSA) is 129 Å². The molecule has 0 aliphatic carbocycles. The van der Waals surface area contributed by atoms with Gasteiger partial charge in [-0.3, -0.25) is 0 Å². The third-order valence-corrected chi connectivity index (χ3v) is 21.1.